The fraction of sp³-hybridized carbons (Fsp3) is 0.750. The molecule has 1 fully saturated rings. The molecule has 0 bridgehead atoms. The first kappa shape index (κ1) is 9.19. The van der Waals surface area contributed by atoms with E-state index in [0.717, 1.165) is 0 Å². The number of aliphatic hydroxyl groups excluding tert-OH is 1. The average molecular weight is 171 g/mol. The summed E-state index contributed by atoms with van der Waals surface area (Å²) in [5.41, 5.74) is 0. The molecule has 0 aromatic rings. The van der Waals surface area contributed by atoms with Gasteiger partial charge in [0.05, 0.1) is 0 Å². The van der Waals surface area contributed by atoms with Crippen LogP contribution in [0, 0.1) is 0 Å². The van der Waals surface area contributed by atoms with Crippen molar-refractivity contribution in [2.45, 2.75) is 32.2 Å². The largest absolute Gasteiger partial charge is 0.396 e. The third-order valence-corrected chi connectivity index (χ3v) is 2.08. The molecule has 0 aromatic carbocycles. The molecule has 1 saturated heterocycles. The maximum Gasteiger partial charge on any atom is 0.229 e. The molecule has 0 radical (unpaired) electrons. The molecule has 1 aliphatic rings. The SMILES string of the molecule is CC(CCO)N1C(=O)CCC1=O. The standard InChI is InChI=1S/C8H13NO3/c1-6(4-5-10)9-7(11)2-3-8(9)12/h6,10H,2-5H2,1H3. The highest BCUT2D eigenvalue weighted by molar-refractivity contribution is 6.02. The Morgan fingerprint density at radius 3 is 2.33 bits per heavy atom. The maximum absolute atomic E-state index is 11.1. The summed E-state index contributed by atoms with van der Waals surface area (Å²) in [4.78, 5) is 23.5. The van der Waals surface area contributed by atoms with Gasteiger partial charge in [-0.3, -0.25) is 14.5 Å². The minimum Gasteiger partial charge on any atom is -0.396 e. The van der Waals surface area contributed by atoms with Gasteiger partial charge in [-0.05, 0) is 13.3 Å². The van der Waals surface area contributed by atoms with E-state index in [4.69, 9.17) is 5.11 Å². The van der Waals surface area contributed by atoms with Crippen molar-refractivity contribution in [3.63, 3.8) is 0 Å². The van der Waals surface area contributed by atoms with Crippen LogP contribution in [0.4, 0.5) is 0 Å². The van der Waals surface area contributed by atoms with Gasteiger partial charge >= 0.3 is 0 Å². The van der Waals surface area contributed by atoms with Crippen LogP contribution < -0.4 is 0 Å². The number of amides is 2. The Hall–Kier alpha value is -0.900. The van der Waals surface area contributed by atoms with E-state index in [0.29, 0.717) is 19.3 Å². The molecule has 0 saturated carbocycles. The lowest BCUT2D eigenvalue weighted by molar-refractivity contribution is -0.140. The summed E-state index contributed by atoms with van der Waals surface area (Å²) in [6.45, 7) is 1.79. The van der Waals surface area contributed by atoms with E-state index in [9.17, 15) is 9.59 Å². The molecular formula is C8H13NO3. The lowest BCUT2D eigenvalue weighted by Crippen LogP contribution is -2.37. The first-order chi connectivity index (χ1) is 5.66. The highest BCUT2D eigenvalue weighted by Crippen LogP contribution is 2.16. The van der Waals surface area contributed by atoms with E-state index in [2.05, 4.69) is 0 Å². The Bertz CT molecular complexity index is 186. The molecule has 1 N–H and O–H groups in total. The van der Waals surface area contributed by atoms with Crippen molar-refractivity contribution >= 4 is 11.8 Å². The van der Waals surface area contributed by atoms with Gasteiger partial charge in [-0.1, -0.05) is 0 Å². The first-order valence-electron chi connectivity index (χ1n) is 4.12. The van der Waals surface area contributed by atoms with Crippen molar-refractivity contribution in [3.8, 4) is 0 Å². The molecule has 1 atom stereocenters. The van der Waals surface area contributed by atoms with Crippen molar-refractivity contribution in [1.82, 2.24) is 4.90 Å². The number of carbonyl (C=O) groups excluding carboxylic acids is 2. The number of hydrogen-bond donors (Lipinski definition) is 1. The second-order valence-electron chi connectivity index (χ2n) is 3.02. The fourth-order valence-corrected chi connectivity index (χ4v) is 1.40. The highest BCUT2D eigenvalue weighted by Gasteiger charge is 2.32. The number of carbonyl (C=O) groups is 2. The second-order valence-corrected chi connectivity index (χ2v) is 3.02. The zero-order valence-electron chi connectivity index (χ0n) is 7.12. The third-order valence-electron chi connectivity index (χ3n) is 2.08. The summed E-state index contributed by atoms with van der Waals surface area (Å²) in [6, 6.07) is -0.155. The molecule has 2 amide bonds. The predicted octanol–water partition coefficient (Wildman–Crippen LogP) is -0.0937. The number of hydrogen-bond acceptors (Lipinski definition) is 3. The topological polar surface area (TPSA) is 57.6 Å². The van der Waals surface area contributed by atoms with Crippen molar-refractivity contribution in [1.29, 1.82) is 0 Å². The number of imide groups is 1. The molecular weight excluding hydrogens is 158 g/mol. The molecule has 1 heterocycles. The van der Waals surface area contributed by atoms with Crippen LogP contribution in [0.25, 0.3) is 0 Å². The van der Waals surface area contributed by atoms with E-state index in [1.165, 1.54) is 4.90 Å². The Morgan fingerprint density at radius 2 is 1.92 bits per heavy atom. The van der Waals surface area contributed by atoms with Crippen LogP contribution in [0.3, 0.4) is 0 Å². The molecule has 68 valence electrons. The zero-order valence-corrected chi connectivity index (χ0v) is 7.12. The van der Waals surface area contributed by atoms with E-state index in [-0.39, 0.29) is 24.5 Å². The summed E-state index contributed by atoms with van der Waals surface area (Å²) < 4.78 is 0. The summed E-state index contributed by atoms with van der Waals surface area (Å²) in [5.74, 6) is -0.220. The maximum atomic E-state index is 11.1. The third kappa shape index (κ3) is 1.64. The number of aliphatic hydroxyl groups is 1. The number of nitrogens with zero attached hydrogens (tertiary/aromatic N) is 1. The van der Waals surface area contributed by atoms with E-state index >= 15 is 0 Å². The molecule has 4 heteroatoms. The van der Waals surface area contributed by atoms with Crippen molar-refractivity contribution in [3.05, 3.63) is 0 Å². The van der Waals surface area contributed by atoms with Crippen LogP contribution in [0.2, 0.25) is 0 Å². The van der Waals surface area contributed by atoms with Crippen LogP contribution >= 0.6 is 0 Å². The van der Waals surface area contributed by atoms with Gasteiger partial charge in [0.2, 0.25) is 11.8 Å². The minimum atomic E-state index is -0.155. The van der Waals surface area contributed by atoms with Crippen LogP contribution in [-0.2, 0) is 9.59 Å². The minimum absolute atomic E-state index is 0.0121. The van der Waals surface area contributed by atoms with Crippen LogP contribution in [0.1, 0.15) is 26.2 Å². The van der Waals surface area contributed by atoms with Crippen LogP contribution in [-0.4, -0.2) is 34.5 Å². The summed E-state index contributed by atoms with van der Waals surface area (Å²) >= 11 is 0. The molecule has 1 rings (SSSR count). The monoisotopic (exact) mass is 171 g/mol. The van der Waals surface area contributed by atoms with Gasteiger partial charge in [0.15, 0.2) is 0 Å². The summed E-state index contributed by atoms with van der Waals surface area (Å²) in [7, 11) is 0. The Balaban J connectivity index is 2.59. The molecule has 12 heavy (non-hydrogen) atoms. The average Bonchev–Trinajstić information content (AvgIpc) is 2.32. The summed E-state index contributed by atoms with van der Waals surface area (Å²) in [6.07, 6.45) is 1.13. The van der Waals surface area contributed by atoms with E-state index in [1.54, 1.807) is 6.92 Å². The lowest BCUT2D eigenvalue weighted by Gasteiger charge is -2.21. The van der Waals surface area contributed by atoms with Gasteiger partial charge in [0.1, 0.15) is 0 Å². The molecule has 0 spiro atoms. The number of rotatable bonds is 3. The molecule has 1 unspecified atom stereocenters. The Kier molecular flexibility index (Phi) is 2.81. The predicted molar refractivity (Wildman–Crippen MR) is 42.3 cm³/mol. The van der Waals surface area contributed by atoms with Gasteiger partial charge in [0.25, 0.3) is 0 Å². The molecule has 1 aliphatic heterocycles. The van der Waals surface area contributed by atoms with Crippen molar-refractivity contribution in [2.24, 2.45) is 0 Å². The zero-order chi connectivity index (χ0) is 9.14. The fourth-order valence-electron chi connectivity index (χ4n) is 1.40. The normalized spacial score (nSPS) is 20.3. The quantitative estimate of drug-likeness (QED) is 0.603. The van der Waals surface area contributed by atoms with Gasteiger partial charge in [-0.2, -0.15) is 0 Å². The Morgan fingerprint density at radius 1 is 1.42 bits per heavy atom. The molecule has 0 aliphatic carbocycles. The van der Waals surface area contributed by atoms with E-state index < -0.39 is 0 Å². The Labute approximate surface area is 71.2 Å². The van der Waals surface area contributed by atoms with Gasteiger partial charge in [0, 0.05) is 25.5 Å². The summed E-state index contributed by atoms with van der Waals surface area (Å²) in [5, 5.41) is 8.62. The lowest BCUT2D eigenvalue weighted by atomic mass is 10.2. The first-order valence-corrected chi connectivity index (χ1v) is 4.12. The van der Waals surface area contributed by atoms with Gasteiger partial charge < -0.3 is 5.11 Å². The van der Waals surface area contributed by atoms with Crippen molar-refractivity contribution in [2.75, 3.05) is 6.61 Å². The molecule has 4 nitrogen and oxygen atoms in total. The molecule has 0 aromatic heterocycles. The van der Waals surface area contributed by atoms with Crippen LogP contribution in [0.5, 0.6) is 0 Å². The highest BCUT2D eigenvalue weighted by atomic mass is 16.3. The smallest absolute Gasteiger partial charge is 0.229 e. The van der Waals surface area contributed by atoms with Crippen LogP contribution in [0.15, 0.2) is 0 Å². The van der Waals surface area contributed by atoms with Gasteiger partial charge in [-0.25, -0.2) is 0 Å². The van der Waals surface area contributed by atoms with E-state index in [1.807, 2.05) is 0 Å². The second kappa shape index (κ2) is 3.67. The number of likely N-dealkylation sites (tertiary alicyclic amines) is 1. The van der Waals surface area contributed by atoms with Crippen molar-refractivity contribution < 1.29 is 14.7 Å². The van der Waals surface area contributed by atoms with Gasteiger partial charge in [-0.15, -0.1) is 0 Å².